The number of methoxy groups -OCH3 is 1. The number of aromatic nitrogens is 1. The number of nitrogens with zero attached hydrogens (tertiary/aromatic N) is 4. The summed E-state index contributed by atoms with van der Waals surface area (Å²) in [5.74, 6) is 1.33. The van der Waals surface area contributed by atoms with Gasteiger partial charge in [0.25, 0.3) is 5.91 Å². The van der Waals surface area contributed by atoms with Crippen molar-refractivity contribution in [3.63, 3.8) is 0 Å². The van der Waals surface area contributed by atoms with E-state index in [4.69, 9.17) is 4.74 Å². The zero-order valence-electron chi connectivity index (χ0n) is 15.4. The SMILES string of the molecule is [11CH3]Oc1cccc(C(=O)NCCN2CCN(c3ncccc3C#N)CC2)c1. The first-order chi connectivity index (χ1) is 13.2. The van der Waals surface area contributed by atoms with Gasteiger partial charge in [-0.3, -0.25) is 9.69 Å². The molecule has 7 heteroatoms. The molecule has 0 unspecified atom stereocenters. The van der Waals surface area contributed by atoms with E-state index in [-0.39, 0.29) is 5.91 Å². The highest BCUT2D eigenvalue weighted by Gasteiger charge is 2.20. The molecule has 27 heavy (non-hydrogen) atoms. The molecule has 0 radical (unpaired) electrons. The van der Waals surface area contributed by atoms with Gasteiger partial charge in [-0.15, -0.1) is 0 Å². The van der Waals surface area contributed by atoms with Crippen LogP contribution in [-0.4, -0.2) is 62.2 Å². The minimum atomic E-state index is -0.0975. The van der Waals surface area contributed by atoms with Gasteiger partial charge in [-0.1, -0.05) is 6.07 Å². The predicted molar refractivity (Wildman–Crippen MR) is 103 cm³/mol. The molecule has 1 aromatic carbocycles. The van der Waals surface area contributed by atoms with Crippen molar-refractivity contribution in [3.05, 3.63) is 53.7 Å². The van der Waals surface area contributed by atoms with E-state index >= 15 is 0 Å². The van der Waals surface area contributed by atoms with Crippen molar-refractivity contribution in [2.24, 2.45) is 0 Å². The number of piperazine rings is 1. The van der Waals surface area contributed by atoms with Crippen LogP contribution in [0.5, 0.6) is 5.75 Å². The Morgan fingerprint density at radius 3 is 2.81 bits per heavy atom. The smallest absolute Gasteiger partial charge is 0.251 e. The molecule has 0 spiro atoms. The number of carbonyl (C=O) groups excluding carboxylic acids is 1. The highest BCUT2D eigenvalue weighted by molar-refractivity contribution is 5.94. The summed E-state index contributed by atoms with van der Waals surface area (Å²) in [4.78, 5) is 21.0. The molecule has 2 heterocycles. The standard InChI is InChI=1S/C20H23N5O2/c1-27-18-6-2-4-16(14-18)20(26)23-8-9-24-10-12-25(13-11-24)19-17(15-21)5-3-7-22-19/h2-7,14H,8-13H2,1H3,(H,23,26)/i1-1. The second-order valence-corrected chi connectivity index (χ2v) is 6.30. The van der Waals surface area contributed by atoms with Crippen LogP contribution >= 0.6 is 0 Å². The van der Waals surface area contributed by atoms with E-state index in [1.165, 1.54) is 0 Å². The van der Waals surface area contributed by atoms with Gasteiger partial charge in [0, 0.05) is 51.0 Å². The quantitative estimate of drug-likeness (QED) is 0.837. The van der Waals surface area contributed by atoms with Gasteiger partial charge in [0.1, 0.15) is 17.6 Å². The number of amides is 1. The van der Waals surface area contributed by atoms with Gasteiger partial charge < -0.3 is 15.0 Å². The molecular weight excluding hydrogens is 341 g/mol. The molecule has 0 bridgehead atoms. The summed E-state index contributed by atoms with van der Waals surface area (Å²) in [5.41, 5.74) is 1.20. The van der Waals surface area contributed by atoms with Gasteiger partial charge in [-0.25, -0.2) is 4.98 Å². The largest absolute Gasteiger partial charge is 0.497 e. The maximum atomic E-state index is 12.2. The van der Waals surface area contributed by atoms with Crippen molar-refractivity contribution in [2.75, 3.05) is 51.3 Å². The van der Waals surface area contributed by atoms with Crippen molar-refractivity contribution in [1.82, 2.24) is 15.2 Å². The van der Waals surface area contributed by atoms with Crippen molar-refractivity contribution >= 4 is 11.7 Å². The third kappa shape index (κ3) is 4.74. The minimum Gasteiger partial charge on any atom is -0.497 e. The van der Waals surface area contributed by atoms with Crippen LogP contribution in [0.2, 0.25) is 0 Å². The van der Waals surface area contributed by atoms with Gasteiger partial charge in [-0.05, 0) is 30.3 Å². The van der Waals surface area contributed by atoms with Crippen molar-refractivity contribution in [3.8, 4) is 11.8 Å². The molecular formula is C20H23N5O2. The maximum absolute atomic E-state index is 12.2. The van der Waals surface area contributed by atoms with E-state index < -0.39 is 0 Å². The van der Waals surface area contributed by atoms with Gasteiger partial charge >= 0.3 is 0 Å². The molecule has 1 N–H and O–H groups in total. The number of hydrogen-bond donors (Lipinski definition) is 1. The fourth-order valence-electron chi connectivity index (χ4n) is 3.11. The van der Waals surface area contributed by atoms with Crippen LogP contribution in [0.3, 0.4) is 0 Å². The zero-order chi connectivity index (χ0) is 19.1. The van der Waals surface area contributed by atoms with E-state index in [0.29, 0.717) is 23.4 Å². The number of rotatable bonds is 6. The molecule has 1 aromatic heterocycles. The predicted octanol–water partition coefficient (Wildman–Crippen LogP) is 1.51. The summed E-state index contributed by atoms with van der Waals surface area (Å²) in [5, 5.41) is 12.2. The third-order valence-corrected chi connectivity index (χ3v) is 4.62. The van der Waals surface area contributed by atoms with Gasteiger partial charge in [0.2, 0.25) is 0 Å². The highest BCUT2D eigenvalue weighted by Crippen LogP contribution is 2.18. The number of pyridine rings is 1. The van der Waals surface area contributed by atoms with E-state index in [1.807, 2.05) is 6.07 Å². The molecule has 1 amide bonds. The summed E-state index contributed by atoms with van der Waals surface area (Å²) in [6.45, 7) is 4.75. The number of anilines is 1. The lowest BCUT2D eigenvalue weighted by Gasteiger charge is -2.35. The van der Waals surface area contributed by atoms with Gasteiger partial charge in [0.15, 0.2) is 0 Å². The van der Waals surface area contributed by atoms with Gasteiger partial charge in [0.05, 0.1) is 12.7 Å². The lowest BCUT2D eigenvalue weighted by molar-refractivity contribution is 0.0947. The van der Waals surface area contributed by atoms with Crippen molar-refractivity contribution in [1.29, 1.82) is 5.26 Å². The molecule has 3 rings (SSSR count). The van der Waals surface area contributed by atoms with E-state index in [9.17, 15) is 10.1 Å². The van der Waals surface area contributed by atoms with Crippen LogP contribution in [0.4, 0.5) is 5.82 Å². The van der Waals surface area contributed by atoms with E-state index in [1.54, 1.807) is 43.6 Å². The Labute approximate surface area is 159 Å². The average Bonchev–Trinajstić information content (AvgIpc) is 2.74. The van der Waals surface area contributed by atoms with Crippen molar-refractivity contribution < 1.29 is 9.53 Å². The Balaban J connectivity index is 1.44. The third-order valence-electron chi connectivity index (χ3n) is 4.62. The second kappa shape index (κ2) is 9.01. The number of nitriles is 1. The van der Waals surface area contributed by atoms with Crippen LogP contribution < -0.4 is 15.0 Å². The van der Waals surface area contributed by atoms with Crippen LogP contribution in [0.1, 0.15) is 15.9 Å². The Kier molecular flexibility index (Phi) is 6.23. The van der Waals surface area contributed by atoms with Crippen LogP contribution in [-0.2, 0) is 0 Å². The minimum absolute atomic E-state index is 0.0975. The molecule has 7 nitrogen and oxygen atoms in total. The Hall–Kier alpha value is -3.11. The number of hydrogen-bond acceptors (Lipinski definition) is 6. The highest BCUT2D eigenvalue weighted by atomic mass is 16.4. The summed E-state index contributed by atoms with van der Waals surface area (Å²) in [6, 6.07) is 12.9. The Morgan fingerprint density at radius 2 is 2.07 bits per heavy atom. The normalized spacial score (nSPS) is 14.4. The first kappa shape index (κ1) is 18.7. The lowest BCUT2D eigenvalue weighted by atomic mass is 10.2. The fraction of sp³-hybridized carbons (Fsp3) is 0.350. The number of ether oxygens (including phenoxy) is 1. The summed E-state index contributed by atoms with van der Waals surface area (Å²) >= 11 is 0. The number of nitrogens with one attached hydrogen (secondary N) is 1. The first-order valence-corrected chi connectivity index (χ1v) is 8.96. The summed E-state index contributed by atoms with van der Waals surface area (Å²) in [6.07, 6.45) is 1.72. The molecule has 1 saturated heterocycles. The molecule has 140 valence electrons. The molecule has 1 aliphatic rings. The van der Waals surface area contributed by atoms with Crippen LogP contribution in [0.25, 0.3) is 0 Å². The van der Waals surface area contributed by atoms with E-state index in [2.05, 4.69) is 26.2 Å². The van der Waals surface area contributed by atoms with Gasteiger partial charge in [-0.2, -0.15) is 5.26 Å². The van der Waals surface area contributed by atoms with Crippen molar-refractivity contribution in [2.45, 2.75) is 0 Å². The zero-order valence-corrected chi connectivity index (χ0v) is 15.4. The maximum Gasteiger partial charge on any atom is 0.251 e. The monoisotopic (exact) mass is 364 g/mol. The molecule has 0 atom stereocenters. The lowest BCUT2D eigenvalue weighted by Crippen LogP contribution is -2.48. The Morgan fingerprint density at radius 1 is 1.26 bits per heavy atom. The number of benzene rings is 1. The first-order valence-electron chi connectivity index (χ1n) is 8.96. The van der Waals surface area contributed by atoms with E-state index in [0.717, 1.165) is 38.5 Å². The Bertz CT molecular complexity index is 825. The molecule has 0 aliphatic carbocycles. The topological polar surface area (TPSA) is 81.5 Å². The average molecular weight is 364 g/mol. The van der Waals surface area contributed by atoms with Crippen LogP contribution in [0.15, 0.2) is 42.6 Å². The van der Waals surface area contributed by atoms with Crippen LogP contribution in [0, 0.1) is 11.3 Å². The second-order valence-electron chi connectivity index (χ2n) is 6.30. The summed E-state index contributed by atoms with van der Waals surface area (Å²) in [7, 11) is 1.58. The molecule has 0 saturated carbocycles. The molecule has 1 fully saturated rings. The summed E-state index contributed by atoms with van der Waals surface area (Å²) < 4.78 is 5.15. The number of carbonyl (C=O) groups is 1. The molecule has 2 aromatic rings. The molecule has 1 aliphatic heterocycles. The fourth-order valence-corrected chi connectivity index (χ4v) is 3.11.